The minimum absolute atomic E-state index is 0.00348. The highest BCUT2D eigenvalue weighted by molar-refractivity contribution is 7.89. The van der Waals surface area contributed by atoms with E-state index in [4.69, 9.17) is 4.74 Å². The molecule has 0 N–H and O–H groups in total. The van der Waals surface area contributed by atoms with Gasteiger partial charge in [0.2, 0.25) is 16.0 Å². The van der Waals surface area contributed by atoms with Crippen molar-refractivity contribution in [2.24, 2.45) is 0 Å². The van der Waals surface area contributed by atoms with Crippen LogP contribution in [0, 0.1) is 5.95 Å². The third-order valence-corrected chi connectivity index (χ3v) is 8.10. The summed E-state index contributed by atoms with van der Waals surface area (Å²) in [4.78, 5) is 30.2. The summed E-state index contributed by atoms with van der Waals surface area (Å²) in [6, 6.07) is 17.1. The van der Waals surface area contributed by atoms with Crippen molar-refractivity contribution in [3.05, 3.63) is 83.9 Å². The number of rotatable bonds is 7. The van der Waals surface area contributed by atoms with E-state index in [-0.39, 0.29) is 41.0 Å². The zero-order valence-corrected chi connectivity index (χ0v) is 19.4. The molecule has 0 radical (unpaired) electrons. The Morgan fingerprint density at radius 3 is 2.60 bits per heavy atom. The Morgan fingerprint density at radius 1 is 1.03 bits per heavy atom. The number of carbonyl (C=O) groups is 2. The molecular weight excluding hydrogens is 473 g/mol. The Balaban J connectivity index is 1.38. The number of amides is 1. The van der Waals surface area contributed by atoms with E-state index in [1.54, 1.807) is 6.07 Å². The summed E-state index contributed by atoms with van der Waals surface area (Å²) in [6.07, 6.45) is 1.35. The predicted molar refractivity (Wildman–Crippen MR) is 125 cm³/mol. The van der Waals surface area contributed by atoms with Crippen LogP contribution in [-0.4, -0.2) is 48.6 Å². The van der Waals surface area contributed by atoms with Crippen LogP contribution in [0.1, 0.15) is 28.9 Å². The number of aromatic nitrogens is 1. The molecule has 180 valence electrons. The summed E-state index contributed by atoms with van der Waals surface area (Å²) in [6.45, 7) is 0.443. The molecule has 0 spiro atoms. The van der Waals surface area contributed by atoms with Gasteiger partial charge >= 0.3 is 0 Å². The quantitative estimate of drug-likeness (QED) is 0.369. The average molecular weight is 496 g/mol. The second kappa shape index (κ2) is 9.20. The van der Waals surface area contributed by atoms with E-state index in [0.29, 0.717) is 25.1 Å². The lowest BCUT2D eigenvalue weighted by Gasteiger charge is -2.24. The number of halogens is 1. The van der Waals surface area contributed by atoms with E-state index >= 15 is 0 Å². The number of hydrogen-bond acceptors (Lipinski definition) is 6. The number of para-hydroxylation sites is 1. The number of pyridine rings is 1. The molecule has 1 unspecified atom stereocenters. The van der Waals surface area contributed by atoms with Crippen LogP contribution >= 0.6 is 0 Å². The zero-order valence-electron chi connectivity index (χ0n) is 18.6. The molecule has 5 rings (SSSR count). The molecule has 10 heteroatoms. The highest BCUT2D eigenvalue weighted by Gasteiger charge is 2.40. The van der Waals surface area contributed by atoms with Crippen LogP contribution < -0.4 is 9.64 Å². The molecule has 1 amide bonds. The number of nitrogens with zero attached hydrogens (tertiary/aromatic N) is 3. The summed E-state index contributed by atoms with van der Waals surface area (Å²) >= 11 is 0. The first-order valence-corrected chi connectivity index (χ1v) is 12.6. The monoisotopic (exact) mass is 495 g/mol. The first kappa shape index (κ1) is 23.1. The lowest BCUT2D eigenvalue weighted by molar-refractivity contribution is -0.114. The first-order chi connectivity index (χ1) is 16.8. The van der Waals surface area contributed by atoms with Crippen LogP contribution in [0.25, 0.3) is 0 Å². The summed E-state index contributed by atoms with van der Waals surface area (Å²) in [7, 11) is -3.93. The molecule has 2 aliphatic rings. The van der Waals surface area contributed by atoms with Crippen molar-refractivity contribution < 1.29 is 27.1 Å². The maximum Gasteiger partial charge on any atom is 0.299 e. The Kier molecular flexibility index (Phi) is 6.08. The lowest BCUT2D eigenvalue weighted by atomic mass is 10.1. The molecule has 0 bridgehead atoms. The second-order valence-corrected chi connectivity index (χ2v) is 10.3. The fraction of sp³-hybridized carbons (Fsp3) is 0.240. The highest BCUT2D eigenvalue weighted by atomic mass is 32.2. The van der Waals surface area contributed by atoms with Crippen LogP contribution in [0.3, 0.4) is 0 Å². The van der Waals surface area contributed by atoms with E-state index < -0.39 is 27.7 Å². The maximum atomic E-state index is 13.5. The van der Waals surface area contributed by atoms with Gasteiger partial charge in [-0.1, -0.05) is 24.3 Å². The van der Waals surface area contributed by atoms with Crippen molar-refractivity contribution in [3.63, 3.8) is 0 Å². The number of anilines is 1. The molecule has 0 saturated carbocycles. The molecule has 0 aliphatic carbocycles. The number of ketones is 1. The summed E-state index contributed by atoms with van der Waals surface area (Å²) < 4.78 is 47.6. The van der Waals surface area contributed by atoms with Crippen LogP contribution in [0.15, 0.2) is 71.6 Å². The normalized spacial score (nSPS) is 18.2. The number of benzene rings is 2. The third-order valence-electron chi connectivity index (χ3n) is 6.15. The van der Waals surface area contributed by atoms with Crippen molar-refractivity contribution in [2.75, 3.05) is 18.1 Å². The van der Waals surface area contributed by atoms with Crippen molar-refractivity contribution in [3.8, 4) is 5.75 Å². The molecule has 1 saturated heterocycles. The van der Waals surface area contributed by atoms with Gasteiger partial charge in [-0.25, -0.2) is 13.4 Å². The highest BCUT2D eigenvalue weighted by Crippen LogP contribution is 2.34. The summed E-state index contributed by atoms with van der Waals surface area (Å²) in [5, 5.41) is 0. The topological polar surface area (TPSA) is 96.9 Å². The van der Waals surface area contributed by atoms with Crippen LogP contribution in [0.2, 0.25) is 0 Å². The molecule has 35 heavy (non-hydrogen) atoms. The minimum Gasteiger partial charge on any atom is -0.492 e. The molecular formula is C25H22FN3O5S. The second-order valence-electron chi connectivity index (χ2n) is 8.39. The predicted octanol–water partition coefficient (Wildman–Crippen LogP) is 3.18. The van der Waals surface area contributed by atoms with Gasteiger partial charge < -0.3 is 4.74 Å². The van der Waals surface area contributed by atoms with Gasteiger partial charge in [0.1, 0.15) is 12.4 Å². The van der Waals surface area contributed by atoms with Crippen molar-refractivity contribution in [1.29, 1.82) is 0 Å². The molecule has 2 aromatic carbocycles. The number of carbonyl (C=O) groups excluding carboxylic acids is 2. The van der Waals surface area contributed by atoms with E-state index in [2.05, 4.69) is 4.98 Å². The zero-order chi connectivity index (χ0) is 24.6. The lowest BCUT2D eigenvalue weighted by Crippen LogP contribution is -2.39. The number of fused-ring (bicyclic) bond motifs is 1. The standard InChI is InChI=1S/C25H22FN3O5S/c26-23-10-4-6-17(27-23)15-28-22-12-11-20(14-21(22)24(30)25(28)31)35(32,33)29-13-5-7-18(29)16-34-19-8-2-1-3-9-19/h1-4,6,8-12,14,18H,5,7,13,15-16H2. The molecule has 2 aliphatic heterocycles. The minimum atomic E-state index is -3.93. The largest absolute Gasteiger partial charge is 0.492 e. The fourth-order valence-corrected chi connectivity index (χ4v) is 6.14. The summed E-state index contributed by atoms with van der Waals surface area (Å²) in [5.41, 5.74) is 0.549. The van der Waals surface area contributed by atoms with Crippen LogP contribution in [0.4, 0.5) is 10.1 Å². The van der Waals surface area contributed by atoms with E-state index in [0.717, 1.165) is 0 Å². The molecule has 1 aromatic heterocycles. The van der Waals surface area contributed by atoms with Crippen LogP contribution in [0.5, 0.6) is 5.75 Å². The molecule has 3 aromatic rings. The van der Waals surface area contributed by atoms with E-state index in [9.17, 15) is 22.4 Å². The van der Waals surface area contributed by atoms with Gasteiger partial charge in [0.25, 0.3) is 11.7 Å². The Morgan fingerprint density at radius 2 is 1.83 bits per heavy atom. The molecule has 1 fully saturated rings. The Bertz CT molecular complexity index is 1400. The SMILES string of the molecule is O=C1C(=O)N(Cc2cccc(F)n2)c2ccc(S(=O)(=O)N3CCCC3COc3ccccc3)cc21. The number of ether oxygens (including phenoxy) is 1. The Hall–Kier alpha value is -3.63. The van der Waals surface area contributed by atoms with Crippen molar-refractivity contribution in [1.82, 2.24) is 9.29 Å². The molecule has 1 atom stereocenters. The summed E-state index contributed by atoms with van der Waals surface area (Å²) in [5.74, 6) is -1.65. The number of Topliss-reactive ketones (excluding diaryl/α,β-unsaturated/α-hetero) is 1. The van der Waals surface area contributed by atoms with Gasteiger partial charge in [-0.05, 0) is 55.3 Å². The Labute approximate surface area is 202 Å². The van der Waals surface area contributed by atoms with Gasteiger partial charge in [-0.2, -0.15) is 8.70 Å². The average Bonchev–Trinajstić information content (AvgIpc) is 3.43. The van der Waals surface area contributed by atoms with Crippen molar-refractivity contribution >= 4 is 27.4 Å². The van der Waals surface area contributed by atoms with Crippen molar-refractivity contribution in [2.45, 2.75) is 30.3 Å². The van der Waals surface area contributed by atoms with E-state index in [1.807, 2.05) is 30.3 Å². The van der Waals surface area contributed by atoms with Crippen LogP contribution in [-0.2, 0) is 21.4 Å². The number of hydrogen-bond donors (Lipinski definition) is 0. The number of sulfonamides is 1. The maximum absolute atomic E-state index is 13.5. The van der Waals surface area contributed by atoms with Gasteiger partial charge in [0.15, 0.2) is 0 Å². The third kappa shape index (κ3) is 4.42. The smallest absolute Gasteiger partial charge is 0.299 e. The van der Waals surface area contributed by atoms with Gasteiger partial charge in [-0.15, -0.1) is 0 Å². The van der Waals surface area contributed by atoms with Gasteiger partial charge in [-0.3, -0.25) is 14.5 Å². The molecule has 8 nitrogen and oxygen atoms in total. The fourth-order valence-electron chi connectivity index (χ4n) is 4.43. The molecule has 3 heterocycles. The van der Waals surface area contributed by atoms with Gasteiger partial charge in [0, 0.05) is 6.54 Å². The van der Waals surface area contributed by atoms with Gasteiger partial charge in [0.05, 0.1) is 34.4 Å². The first-order valence-electron chi connectivity index (χ1n) is 11.2. The van der Waals surface area contributed by atoms with E-state index in [1.165, 1.54) is 39.5 Å².